The summed E-state index contributed by atoms with van der Waals surface area (Å²) in [7, 11) is 1.75. The Balaban J connectivity index is -0.000000659. The van der Waals surface area contributed by atoms with Crippen LogP contribution in [0.15, 0.2) is 18.3 Å². The van der Waals surface area contributed by atoms with Crippen LogP contribution in [-0.4, -0.2) is 23.8 Å². The summed E-state index contributed by atoms with van der Waals surface area (Å²) in [5.74, 6) is 0.219. The van der Waals surface area contributed by atoms with Crippen molar-refractivity contribution in [2.75, 3.05) is 13.7 Å². The molecular formula is C21H43NO2. The molecule has 0 aliphatic heterocycles. The van der Waals surface area contributed by atoms with Gasteiger partial charge in [-0.3, -0.25) is 4.98 Å². The van der Waals surface area contributed by atoms with Gasteiger partial charge in [-0.1, -0.05) is 69.2 Å². The fourth-order valence-electron chi connectivity index (χ4n) is 2.81. The summed E-state index contributed by atoms with van der Waals surface area (Å²) in [6, 6.07) is 3.58. The van der Waals surface area contributed by atoms with Gasteiger partial charge in [-0.25, -0.2) is 0 Å². The highest BCUT2D eigenvalue weighted by Gasteiger charge is 2.29. The molecule has 0 saturated heterocycles. The molecule has 3 nitrogen and oxygen atoms in total. The number of hydrogen-bond acceptors (Lipinski definition) is 3. The van der Waals surface area contributed by atoms with Crippen LogP contribution in [0.4, 0.5) is 0 Å². The molecule has 0 saturated carbocycles. The van der Waals surface area contributed by atoms with Crippen LogP contribution in [0.25, 0.3) is 0 Å². The van der Waals surface area contributed by atoms with E-state index in [2.05, 4.69) is 32.7 Å². The van der Waals surface area contributed by atoms with Crippen LogP contribution in [-0.2, 0) is 11.2 Å². The maximum Gasteiger partial charge on any atom is 0.133 e. The summed E-state index contributed by atoms with van der Waals surface area (Å²) in [5.41, 5.74) is 1.34. The molecule has 1 rings (SSSR count). The highest BCUT2D eigenvalue weighted by Crippen LogP contribution is 2.36. The SMILES string of the molecule is CC.CC.CC.COCC(C)(C)CC(C)(C)Cc1ccc(O)cn1. The van der Waals surface area contributed by atoms with Crippen molar-refractivity contribution in [3.63, 3.8) is 0 Å². The van der Waals surface area contributed by atoms with Crippen LogP contribution in [0.1, 0.15) is 81.4 Å². The number of pyridine rings is 1. The molecule has 0 atom stereocenters. The van der Waals surface area contributed by atoms with Gasteiger partial charge in [0, 0.05) is 12.8 Å². The van der Waals surface area contributed by atoms with Gasteiger partial charge in [-0.05, 0) is 35.8 Å². The molecule has 144 valence electrons. The molecule has 0 bridgehead atoms. The second kappa shape index (κ2) is 15.4. The third-order valence-electron chi connectivity index (χ3n) is 2.96. The molecule has 1 heterocycles. The zero-order valence-corrected chi connectivity index (χ0v) is 18.2. The van der Waals surface area contributed by atoms with Gasteiger partial charge < -0.3 is 9.84 Å². The number of rotatable bonds is 6. The molecule has 0 aliphatic carbocycles. The first kappa shape index (κ1) is 27.7. The van der Waals surface area contributed by atoms with E-state index in [1.807, 2.05) is 47.6 Å². The first-order valence-corrected chi connectivity index (χ1v) is 9.37. The summed E-state index contributed by atoms with van der Waals surface area (Å²) in [5, 5.41) is 9.23. The number of hydrogen-bond donors (Lipinski definition) is 1. The van der Waals surface area contributed by atoms with Crippen molar-refractivity contribution in [2.45, 2.75) is 82.1 Å². The number of methoxy groups -OCH3 is 1. The predicted molar refractivity (Wildman–Crippen MR) is 108 cm³/mol. The van der Waals surface area contributed by atoms with E-state index >= 15 is 0 Å². The molecule has 1 aromatic heterocycles. The zero-order valence-electron chi connectivity index (χ0n) is 18.2. The summed E-state index contributed by atoms with van der Waals surface area (Å²) in [6.07, 6.45) is 3.47. The molecule has 3 heteroatoms. The minimum absolute atomic E-state index is 0.159. The van der Waals surface area contributed by atoms with Gasteiger partial charge >= 0.3 is 0 Å². The van der Waals surface area contributed by atoms with E-state index < -0.39 is 0 Å². The van der Waals surface area contributed by atoms with Crippen molar-refractivity contribution < 1.29 is 9.84 Å². The number of aromatic nitrogens is 1. The third kappa shape index (κ3) is 14.5. The zero-order chi connectivity index (χ0) is 19.8. The number of nitrogens with zero attached hydrogens (tertiary/aromatic N) is 1. The molecule has 1 aromatic rings. The van der Waals surface area contributed by atoms with Crippen LogP contribution in [0, 0.1) is 10.8 Å². The molecule has 0 radical (unpaired) electrons. The van der Waals surface area contributed by atoms with E-state index in [1.54, 1.807) is 13.2 Å². The summed E-state index contributed by atoms with van der Waals surface area (Å²) < 4.78 is 5.27. The largest absolute Gasteiger partial charge is 0.506 e. The Bertz CT molecular complexity index is 370. The lowest BCUT2D eigenvalue weighted by Gasteiger charge is -2.34. The molecule has 1 N–H and O–H groups in total. The first-order valence-electron chi connectivity index (χ1n) is 9.37. The Morgan fingerprint density at radius 1 is 0.917 bits per heavy atom. The van der Waals surface area contributed by atoms with Gasteiger partial charge in [-0.2, -0.15) is 0 Å². The van der Waals surface area contributed by atoms with E-state index in [0.29, 0.717) is 0 Å². The lowest BCUT2D eigenvalue weighted by atomic mass is 9.73. The Labute approximate surface area is 151 Å². The minimum atomic E-state index is 0.159. The van der Waals surface area contributed by atoms with E-state index in [-0.39, 0.29) is 16.6 Å². The Morgan fingerprint density at radius 2 is 1.42 bits per heavy atom. The number of ether oxygens (including phenoxy) is 1. The molecule has 0 unspecified atom stereocenters. The highest BCUT2D eigenvalue weighted by molar-refractivity contribution is 5.18. The van der Waals surface area contributed by atoms with E-state index in [0.717, 1.165) is 25.1 Å². The van der Waals surface area contributed by atoms with E-state index in [1.165, 1.54) is 6.20 Å². The van der Waals surface area contributed by atoms with Gasteiger partial charge in [-0.15, -0.1) is 0 Å². The van der Waals surface area contributed by atoms with Crippen molar-refractivity contribution in [1.82, 2.24) is 4.98 Å². The summed E-state index contributed by atoms with van der Waals surface area (Å²) in [6.45, 7) is 21.7. The predicted octanol–water partition coefficient (Wildman–Crippen LogP) is 6.50. The molecule has 0 aromatic carbocycles. The van der Waals surface area contributed by atoms with Gasteiger partial charge in [0.15, 0.2) is 0 Å². The van der Waals surface area contributed by atoms with E-state index in [9.17, 15) is 5.11 Å². The average Bonchev–Trinajstić information content (AvgIpc) is 2.54. The topological polar surface area (TPSA) is 42.4 Å². The Hall–Kier alpha value is -1.09. The second-order valence-electron chi connectivity index (χ2n) is 6.62. The van der Waals surface area contributed by atoms with E-state index in [4.69, 9.17) is 4.74 Å². The molecule has 0 aliphatic rings. The van der Waals surface area contributed by atoms with Crippen LogP contribution in [0.2, 0.25) is 0 Å². The Morgan fingerprint density at radius 3 is 1.79 bits per heavy atom. The third-order valence-corrected chi connectivity index (χ3v) is 2.96. The summed E-state index contributed by atoms with van der Waals surface area (Å²) >= 11 is 0. The lowest BCUT2D eigenvalue weighted by molar-refractivity contribution is 0.0674. The number of aromatic hydroxyl groups is 1. The monoisotopic (exact) mass is 341 g/mol. The molecular weight excluding hydrogens is 298 g/mol. The molecule has 0 fully saturated rings. The molecule has 0 amide bonds. The van der Waals surface area contributed by atoms with Gasteiger partial charge in [0.1, 0.15) is 5.75 Å². The average molecular weight is 342 g/mol. The standard InChI is InChI=1S/C15H25NO2.3C2H6/c1-14(2,10-15(3,4)11-18-5)8-12-6-7-13(17)9-16-12;3*1-2/h6-7,9,17H,8,10-11H2,1-5H3;3*1-2H3. The van der Waals surface area contributed by atoms with Crippen molar-refractivity contribution in [1.29, 1.82) is 0 Å². The fraction of sp³-hybridized carbons (Fsp3) is 0.762. The minimum Gasteiger partial charge on any atom is -0.506 e. The fourth-order valence-corrected chi connectivity index (χ4v) is 2.81. The van der Waals surface area contributed by atoms with Crippen LogP contribution < -0.4 is 0 Å². The van der Waals surface area contributed by atoms with Gasteiger partial charge in [0.25, 0.3) is 0 Å². The van der Waals surface area contributed by atoms with Gasteiger partial charge in [0.05, 0.1) is 12.8 Å². The first-order chi connectivity index (χ1) is 11.2. The quantitative estimate of drug-likeness (QED) is 0.642. The van der Waals surface area contributed by atoms with Crippen LogP contribution in [0.3, 0.4) is 0 Å². The van der Waals surface area contributed by atoms with Crippen molar-refractivity contribution in [2.24, 2.45) is 10.8 Å². The lowest BCUT2D eigenvalue weighted by Crippen LogP contribution is -2.28. The molecule has 0 spiro atoms. The maximum atomic E-state index is 9.23. The van der Waals surface area contributed by atoms with Crippen molar-refractivity contribution in [3.05, 3.63) is 24.0 Å². The van der Waals surface area contributed by atoms with Crippen molar-refractivity contribution in [3.8, 4) is 5.75 Å². The highest BCUT2D eigenvalue weighted by atomic mass is 16.5. The van der Waals surface area contributed by atoms with Crippen LogP contribution >= 0.6 is 0 Å². The van der Waals surface area contributed by atoms with Gasteiger partial charge in [0.2, 0.25) is 0 Å². The Kier molecular flexibility index (Phi) is 17.8. The normalized spacial score (nSPS) is 10.3. The second-order valence-corrected chi connectivity index (χ2v) is 6.62. The van der Waals surface area contributed by atoms with Crippen molar-refractivity contribution >= 4 is 0 Å². The molecule has 24 heavy (non-hydrogen) atoms. The smallest absolute Gasteiger partial charge is 0.133 e. The van der Waals surface area contributed by atoms with Crippen LogP contribution in [0.5, 0.6) is 5.75 Å². The summed E-state index contributed by atoms with van der Waals surface area (Å²) in [4.78, 5) is 4.26. The maximum absolute atomic E-state index is 9.23.